The molecule has 11 nitrogen and oxygen atoms in total. The summed E-state index contributed by atoms with van der Waals surface area (Å²) in [6.45, 7) is 7.28. The Kier molecular flexibility index (Phi) is 10.5. The maximum absolute atomic E-state index is 13.4. The third-order valence-electron chi connectivity index (χ3n) is 7.99. The highest BCUT2D eigenvalue weighted by molar-refractivity contribution is 8.00. The Morgan fingerprint density at radius 1 is 1.02 bits per heavy atom. The summed E-state index contributed by atoms with van der Waals surface area (Å²) in [4.78, 5) is 28.5. The Labute approximate surface area is 281 Å². The quantitative estimate of drug-likeness (QED) is 0.183. The van der Waals surface area contributed by atoms with E-state index < -0.39 is 29.6 Å². The van der Waals surface area contributed by atoms with Gasteiger partial charge in [-0.25, -0.2) is 19.6 Å². The minimum absolute atomic E-state index is 0.0212. The van der Waals surface area contributed by atoms with Crippen molar-refractivity contribution in [2.75, 3.05) is 42.8 Å². The van der Waals surface area contributed by atoms with Gasteiger partial charge in [0.05, 0.1) is 17.0 Å². The molecule has 4 bridgehead atoms. The Morgan fingerprint density at radius 3 is 2.58 bits per heavy atom. The molecular formula is C33H39F3N8O3S. The molecule has 4 heterocycles. The van der Waals surface area contributed by atoms with Crippen LogP contribution >= 0.6 is 11.9 Å². The number of anilines is 2. The molecule has 5 rings (SSSR count). The van der Waals surface area contributed by atoms with Crippen molar-refractivity contribution >= 4 is 29.6 Å². The zero-order valence-electron chi connectivity index (χ0n) is 27.2. The van der Waals surface area contributed by atoms with E-state index in [4.69, 9.17) is 9.72 Å². The number of hydrogen-bond acceptors (Lipinski definition) is 10. The SMILES string of the molecule is CC(C)(CN1CCCNc2cccc(n2)SNc2cnc(-n3ccc(OCC(C)(C)C(F)(F)F)n3)c(n2)-c2ccccc2CC1)C(=O)O. The van der Waals surface area contributed by atoms with Gasteiger partial charge in [0.1, 0.15) is 23.1 Å². The number of benzene rings is 1. The van der Waals surface area contributed by atoms with Crippen LogP contribution in [0.25, 0.3) is 17.1 Å². The van der Waals surface area contributed by atoms with Gasteiger partial charge in [-0.15, -0.1) is 5.10 Å². The summed E-state index contributed by atoms with van der Waals surface area (Å²) >= 11 is 1.28. The molecule has 1 aromatic carbocycles. The molecule has 0 spiro atoms. The zero-order chi connectivity index (χ0) is 34.5. The first-order valence-corrected chi connectivity index (χ1v) is 16.3. The van der Waals surface area contributed by atoms with Crippen molar-refractivity contribution in [2.45, 2.75) is 51.7 Å². The second-order valence-electron chi connectivity index (χ2n) is 12.9. The van der Waals surface area contributed by atoms with Gasteiger partial charge < -0.3 is 24.8 Å². The van der Waals surface area contributed by atoms with E-state index in [0.29, 0.717) is 60.8 Å². The molecule has 48 heavy (non-hydrogen) atoms. The molecule has 3 N–H and O–H groups in total. The zero-order valence-corrected chi connectivity index (χ0v) is 28.0. The van der Waals surface area contributed by atoms with Crippen LogP contribution in [0.1, 0.15) is 39.7 Å². The number of nitrogens with one attached hydrogen (secondary N) is 2. The van der Waals surface area contributed by atoms with E-state index >= 15 is 0 Å². The topological polar surface area (TPSA) is 130 Å². The molecule has 0 fully saturated rings. The summed E-state index contributed by atoms with van der Waals surface area (Å²) < 4.78 is 50.4. The lowest BCUT2D eigenvalue weighted by Crippen LogP contribution is -2.41. The Hall–Kier alpha value is -4.37. The third kappa shape index (κ3) is 8.55. The molecule has 15 heteroatoms. The number of halogens is 3. The fourth-order valence-electron chi connectivity index (χ4n) is 4.96. The number of hydrogen-bond donors (Lipinski definition) is 3. The van der Waals surface area contributed by atoms with Crippen molar-refractivity contribution < 1.29 is 27.8 Å². The molecule has 4 aromatic rings. The van der Waals surface area contributed by atoms with Gasteiger partial charge in [-0.1, -0.05) is 30.3 Å². The maximum atomic E-state index is 13.4. The van der Waals surface area contributed by atoms with E-state index in [1.807, 2.05) is 42.5 Å². The lowest BCUT2D eigenvalue weighted by molar-refractivity contribution is -0.219. The first-order chi connectivity index (χ1) is 22.7. The number of rotatable bonds is 7. The highest BCUT2D eigenvalue weighted by Crippen LogP contribution is 2.38. The molecule has 0 saturated heterocycles. The summed E-state index contributed by atoms with van der Waals surface area (Å²) in [5.41, 5.74) is -0.780. The minimum atomic E-state index is -4.44. The summed E-state index contributed by atoms with van der Waals surface area (Å²) in [6, 6.07) is 14.9. The van der Waals surface area contributed by atoms with Crippen molar-refractivity contribution in [3.8, 4) is 23.0 Å². The van der Waals surface area contributed by atoms with Gasteiger partial charge in [-0.05, 0) is 64.8 Å². The van der Waals surface area contributed by atoms with Gasteiger partial charge in [-0.2, -0.15) is 13.2 Å². The molecule has 0 unspecified atom stereocenters. The van der Waals surface area contributed by atoms with Crippen molar-refractivity contribution in [1.29, 1.82) is 0 Å². The van der Waals surface area contributed by atoms with E-state index in [9.17, 15) is 23.1 Å². The van der Waals surface area contributed by atoms with Crippen molar-refractivity contribution in [3.63, 3.8) is 0 Å². The number of pyridine rings is 1. The standard InChI is InChI=1S/C33H39F3N8O3S/c1-31(2,30(45)46)20-43-16-8-15-37-24-11-7-12-27(39-24)48-42-25-19-38-29(28(40-25)23-10-6-5-9-22(23)13-17-43)44-18-14-26(41-44)47-21-32(3,4)33(34,35)36/h5-7,9-12,14,18-19H,8,13,15-17,20-21H2,1-4H3,(H,37,39)(H,40,42)(H,45,46). The molecule has 0 radical (unpaired) electrons. The third-order valence-corrected chi connectivity index (χ3v) is 8.74. The monoisotopic (exact) mass is 684 g/mol. The van der Waals surface area contributed by atoms with Crippen LogP contribution in [0.15, 0.2) is 66.0 Å². The number of alkyl halides is 3. The van der Waals surface area contributed by atoms with E-state index in [2.05, 4.69) is 30.0 Å². The average molecular weight is 685 g/mol. The van der Waals surface area contributed by atoms with E-state index in [-0.39, 0.29) is 5.88 Å². The number of ether oxygens (including phenoxy) is 1. The van der Waals surface area contributed by atoms with Crippen LogP contribution in [0.3, 0.4) is 0 Å². The summed E-state index contributed by atoms with van der Waals surface area (Å²) in [7, 11) is 0. The number of aliphatic carboxylic acids is 1. The van der Waals surface area contributed by atoms with Crippen molar-refractivity contribution in [3.05, 3.63) is 66.5 Å². The van der Waals surface area contributed by atoms with Crippen LogP contribution in [0.5, 0.6) is 5.88 Å². The van der Waals surface area contributed by atoms with Gasteiger partial charge in [0.25, 0.3) is 0 Å². The molecule has 3 aromatic heterocycles. The first-order valence-electron chi connectivity index (χ1n) is 15.5. The van der Waals surface area contributed by atoms with Gasteiger partial charge in [0.2, 0.25) is 5.88 Å². The highest BCUT2D eigenvalue weighted by atomic mass is 32.2. The Morgan fingerprint density at radius 2 is 1.81 bits per heavy atom. The normalized spacial score (nSPS) is 15.1. The van der Waals surface area contributed by atoms with Crippen LogP contribution in [0, 0.1) is 10.8 Å². The van der Waals surface area contributed by atoms with Crippen LogP contribution in [0.2, 0.25) is 0 Å². The number of carboxylic acids is 1. The fourth-order valence-corrected chi connectivity index (χ4v) is 5.55. The van der Waals surface area contributed by atoms with Gasteiger partial charge in [0, 0.05) is 49.4 Å². The average Bonchev–Trinajstić information content (AvgIpc) is 3.52. The number of fused-ring (bicyclic) bond motifs is 6. The first kappa shape index (κ1) is 35.0. The second kappa shape index (κ2) is 14.4. The summed E-state index contributed by atoms with van der Waals surface area (Å²) in [5.74, 6) is 0.686. The van der Waals surface area contributed by atoms with Crippen molar-refractivity contribution in [1.82, 2.24) is 29.6 Å². The number of nitrogens with zero attached hydrogens (tertiary/aromatic N) is 6. The maximum Gasteiger partial charge on any atom is 0.397 e. The molecule has 1 aliphatic heterocycles. The Balaban J connectivity index is 1.52. The minimum Gasteiger partial charge on any atom is -0.481 e. The van der Waals surface area contributed by atoms with E-state index in [0.717, 1.165) is 31.4 Å². The Bertz CT molecular complexity index is 1730. The van der Waals surface area contributed by atoms with Crippen LogP contribution in [-0.4, -0.2) is 79.7 Å². The molecule has 0 saturated carbocycles. The van der Waals surface area contributed by atoms with Crippen molar-refractivity contribution in [2.24, 2.45) is 10.8 Å². The lowest BCUT2D eigenvalue weighted by atomic mass is 9.92. The molecule has 1 aliphatic rings. The largest absolute Gasteiger partial charge is 0.481 e. The molecule has 0 atom stereocenters. The highest BCUT2D eigenvalue weighted by Gasteiger charge is 2.48. The molecule has 256 valence electrons. The van der Waals surface area contributed by atoms with Gasteiger partial charge in [0.15, 0.2) is 11.6 Å². The van der Waals surface area contributed by atoms with Crippen LogP contribution in [-0.2, 0) is 11.2 Å². The number of carboxylic acid groups (broad SMARTS) is 1. The summed E-state index contributed by atoms with van der Waals surface area (Å²) in [6.07, 6.45) is 0.0454. The lowest BCUT2D eigenvalue weighted by Gasteiger charge is -2.30. The molecule has 0 aliphatic carbocycles. The number of carbonyl (C=O) groups is 1. The van der Waals surface area contributed by atoms with E-state index in [1.165, 1.54) is 22.7 Å². The molecule has 0 amide bonds. The molecular weight excluding hydrogens is 645 g/mol. The smallest absolute Gasteiger partial charge is 0.397 e. The predicted molar refractivity (Wildman–Crippen MR) is 178 cm³/mol. The number of aromatic nitrogens is 5. The second-order valence-corrected chi connectivity index (χ2v) is 13.7. The van der Waals surface area contributed by atoms with Gasteiger partial charge >= 0.3 is 12.1 Å². The van der Waals surface area contributed by atoms with Crippen LogP contribution in [0.4, 0.5) is 24.8 Å². The van der Waals surface area contributed by atoms with Crippen LogP contribution < -0.4 is 14.8 Å². The fraction of sp³-hybridized carbons (Fsp3) is 0.424. The predicted octanol–water partition coefficient (Wildman–Crippen LogP) is 6.58. The van der Waals surface area contributed by atoms with Gasteiger partial charge in [-0.3, -0.25) is 4.79 Å². The van der Waals surface area contributed by atoms with E-state index in [1.54, 1.807) is 26.2 Å². The summed E-state index contributed by atoms with van der Waals surface area (Å²) in [5, 5.41) is 18.3.